The predicted molar refractivity (Wildman–Crippen MR) is 79.5 cm³/mol. The van der Waals surface area contributed by atoms with Crippen molar-refractivity contribution in [2.75, 3.05) is 31.5 Å². The van der Waals surface area contributed by atoms with Crippen molar-refractivity contribution in [2.45, 2.75) is 46.5 Å². The van der Waals surface area contributed by atoms with Crippen LogP contribution in [-0.2, 0) is 5.41 Å². The molecule has 0 bridgehead atoms. The maximum atomic E-state index is 4.53. The zero-order chi connectivity index (χ0) is 13.6. The third kappa shape index (κ3) is 4.90. The first kappa shape index (κ1) is 15.4. The van der Waals surface area contributed by atoms with Crippen LogP contribution in [0.2, 0.25) is 0 Å². The summed E-state index contributed by atoms with van der Waals surface area (Å²) < 4.78 is 4.40. The topological polar surface area (TPSA) is 41.0 Å². The highest BCUT2D eigenvalue weighted by molar-refractivity contribution is 7.09. The van der Waals surface area contributed by atoms with Gasteiger partial charge in [-0.1, -0.05) is 34.6 Å². The van der Waals surface area contributed by atoms with Crippen molar-refractivity contribution in [3.05, 3.63) is 5.82 Å². The molecule has 0 aromatic carbocycles. The standard InChI is InChI=1S/C13H26N4S/c1-6-9-17(7-2)10-8-14-12-15-11(16-18-12)13(3,4)5/h6-10H2,1-5H3,(H,14,15,16). The van der Waals surface area contributed by atoms with Gasteiger partial charge in [-0.2, -0.15) is 4.37 Å². The van der Waals surface area contributed by atoms with Gasteiger partial charge in [0.05, 0.1) is 0 Å². The summed E-state index contributed by atoms with van der Waals surface area (Å²) in [7, 11) is 0. The van der Waals surface area contributed by atoms with E-state index in [9.17, 15) is 0 Å². The van der Waals surface area contributed by atoms with Crippen molar-refractivity contribution in [3.63, 3.8) is 0 Å². The molecule has 0 saturated heterocycles. The van der Waals surface area contributed by atoms with Crippen LogP contribution in [0.25, 0.3) is 0 Å². The van der Waals surface area contributed by atoms with Crippen molar-refractivity contribution in [1.29, 1.82) is 0 Å². The molecule has 104 valence electrons. The van der Waals surface area contributed by atoms with Gasteiger partial charge in [-0.3, -0.25) is 0 Å². The van der Waals surface area contributed by atoms with Crippen molar-refractivity contribution in [2.24, 2.45) is 0 Å². The van der Waals surface area contributed by atoms with Crippen molar-refractivity contribution in [3.8, 4) is 0 Å². The van der Waals surface area contributed by atoms with Gasteiger partial charge in [0.15, 0.2) is 0 Å². The maximum absolute atomic E-state index is 4.53. The molecule has 0 spiro atoms. The Labute approximate surface area is 115 Å². The molecule has 0 aliphatic heterocycles. The van der Waals surface area contributed by atoms with Crippen LogP contribution < -0.4 is 5.32 Å². The van der Waals surface area contributed by atoms with E-state index in [1.807, 2.05) is 0 Å². The maximum Gasteiger partial charge on any atom is 0.202 e. The number of hydrogen-bond acceptors (Lipinski definition) is 5. The molecule has 0 aliphatic rings. The fourth-order valence-electron chi connectivity index (χ4n) is 1.67. The van der Waals surface area contributed by atoms with Crippen molar-refractivity contribution < 1.29 is 0 Å². The predicted octanol–water partition coefficient (Wildman–Crippen LogP) is 2.98. The summed E-state index contributed by atoms with van der Waals surface area (Å²) in [6.45, 7) is 15.1. The summed E-state index contributed by atoms with van der Waals surface area (Å²) >= 11 is 1.46. The van der Waals surface area contributed by atoms with E-state index in [-0.39, 0.29) is 5.41 Å². The SMILES string of the molecule is CCCN(CC)CCNc1nc(C(C)(C)C)ns1. The average Bonchev–Trinajstić information content (AvgIpc) is 2.76. The monoisotopic (exact) mass is 270 g/mol. The molecule has 0 aliphatic carbocycles. The fourth-order valence-corrected chi connectivity index (χ4v) is 2.45. The number of nitrogens with zero attached hydrogens (tertiary/aromatic N) is 3. The Bertz CT molecular complexity index is 343. The smallest absolute Gasteiger partial charge is 0.202 e. The van der Waals surface area contributed by atoms with Crippen LogP contribution in [0.1, 0.15) is 46.9 Å². The van der Waals surface area contributed by atoms with E-state index in [2.05, 4.69) is 54.2 Å². The summed E-state index contributed by atoms with van der Waals surface area (Å²) in [4.78, 5) is 6.97. The van der Waals surface area contributed by atoms with E-state index in [0.717, 1.165) is 30.6 Å². The normalized spacial score (nSPS) is 12.1. The molecule has 18 heavy (non-hydrogen) atoms. The summed E-state index contributed by atoms with van der Waals surface area (Å²) in [6, 6.07) is 0. The largest absolute Gasteiger partial charge is 0.359 e. The summed E-state index contributed by atoms with van der Waals surface area (Å²) in [5.74, 6) is 0.927. The second kappa shape index (κ2) is 7.04. The minimum Gasteiger partial charge on any atom is -0.359 e. The average molecular weight is 270 g/mol. The molecular weight excluding hydrogens is 244 g/mol. The highest BCUT2D eigenvalue weighted by atomic mass is 32.1. The van der Waals surface area contributed by atoms with E-state index in [4.69, 9.17) is 0 Å². The molecule has 0 unspecified atom stereocenters. The molecule has 5 heteroatoms. The Balaban J connectivity index is 2.37. The Kier molecular flexibility index (Phi) is 6.02. The molecule has 0 fully saturated rings. The van der Waals surface area contributed by atoms with Crippen LogP contribution >= 0.6 is 11.5 Å². The van der Waals surface area contributed by atoms with Gasteiger partial charge in [-0.05, 0) is 19.5 Å². The third-order valence-electron chi connectivity index (χ3n) is 2.79. The summed E-state index contributed by atoms with van der Waals surface area (Å²) in [5, 5.41) is 4.30. The molecule has 4 nitrogen and oxygen atoms in total. The molecule has 0 radical (unpaired) electrons. The Hall–Kier alpha value is -0.680. The summed E-state index contributed by atoms with van der Waals surface area (Å²) in [5.41, 5.74) is 0.0358. The second-order valence-electron chi connectivity index (χ2n) is 5.53. The first-order valence-electron chi connectivity index (χ1n) is 6.77. The van der Waals surface area contributed by atoms with E-state index in [1.54, 1.807) is 0 Å². The lowest BCUT2D eigenvalue weighted by Crippen LogP contribution is -2.29. The van der Waals surface area contributed by atoms with Gasteiger partial charge in [-0.15, -0.1) is 0 Å². The van der Waals surface area contributed by atoms with Crippen LogP contribution in [0.5, 0.6) is 0 Å². The highest BCUT2D eigenvalue weighted by Crippen LogP contribution is 2.22. The van der Waals surface area contributed by atoms with Crippen LogP contribution in [-0.4, -0.2) is 40.4 Å². The zero-order valence-electron chi connectivity index (χ0n) is 12.3. The molecule has 1 aromatic heterocycles. The van der Waals surface area contributed by atoms with Gasteiger partial charge in [0.25, 0.3) is 0 Å². The highest BCUT2D eigenvalue weighted by Gasteiger charge is 2.19. The van der Waals surface area contributed by atoms with Gasteiger partial charge in [0.2, 0.25) is 5.13 Å². The van der Waals surface area contributed by atoms with Gasteiger partial charge < -0.3 is 10.2 Å². The van der Waals surface area contributed by atoms with E-state index in [1.165, 1.54) is 24.5 Å². The quantitative estimate of drug-likeness (QED) is 0.827. The molecular formula is C13H26N4S. The fraction of sp³-hybridized carbons (Fsp3) is 0.846. The minimum absolute atomic E-state index is 0.0358. The molecule has 1 heterocycles. The lowest BCUT2D eigenvalue weighted by molar-refractivity contribution is 0.300. The molecule has 1 rings (SSSR count). The van der Waals surface area contributed by atoms with Crippen molar-refractivity contribution >= 4 is 16.7 Å². The Morgan fingerprint density at radius 3 is 2.44 bits per heavy atom. The Morgan fingerprint density at radius 1 is 1.22 bits per heavy atom. The molecule has 1 N–H and O–H groups in total. The van der Waals surface area contributed by atoms with Gasteiger partial charge >= 0.3 is 0 Å². The van der Waals surface area contributed by atoms with E-state index >= 15 is 0 Å². The van der Waals surface area contributed by atoms with Crippen LogP contribution in [0.3, 0.4) is 0 Å². The lowest BCUT2D eigenvalue weighted by Gasteiger charge is -2.19. The number of aromatic nitrogens is 2. The number of likely N-dealkylation sites (N-methyl/N-ethyl adjacent to an activating group) is 1. The number of nitrogens with one attached hydrogen (secondary N) is 1. The van der Waals surface area contributed by atoms with Gasteiger partial charge in [-0.25, -0.2) is 4.98 Å². The van der Waals surface area contributed by atoms with Crippen molar-refractivity contribution in [1.82, 2.24) is 14.3 Å². The number of hydrogen-bond donors (Lipinski definition) is 1. The molecule has 0 atom stereocenters. The van der Waals surface area contributed by atoms with Crippen LogP contribution in [0, 0.1) is 0 Å². The second-order valence-corrected chi connectivity index (χ2v) is 6.29. The zero-order valence-corrected chi connectivity index (χ0v) is 13.1. The first-order valence-corrected chi connectivity index (χ1v) is 7.55. The molecule has 0 amide bonds. The molecule has 1 aromatic rings. The van der Waals surface area contributed by atoms with E-state index < -0.39 is 0 Å². The third-order valence-corrected chi connectivity index (χ3v) is 3.46. The minimum atomic E-state index is 0.0358. The Morgan fingerprint density at radius 2 is 1.94 bits per heavy atom. The molecule has 0 saturated carbocycles. The van der Waals surface area contributed by atoms with Crippen LogP contribution in [0.15, 0.2) is 0 Å². The van der Waals surface area contributed by atoms with Gasteiger partial charge in [0, 0.05) is 30.0 Å². The summed E-state index contributed by atoms with van der Waals surface area (Å²) in [6.07, 6.45) is 1.21. The van der Waals surface area contributed by atoms with E-state index in [0.29, 0.717) is 0 Å². The first-order chi connectivity index (χ1) is 8.47. The van der Waals surface area contributed by atoms with Gasteiger partial charge in [0.1, 0.15) is 5.82 Å². The lowest BCUT2D eigenvalue weighted by atomic mass is 9.96. The van der Waals surface area contributed by atoms with Crippen LogP contribution in [0.4, 0.5) is 5.13 Å². The number of rotatable bonds is 7. The number of anilines is 1.